The third-order valence-electron chi connectivity index (χ3n) is 4.60. The first-order valence-corrected chi connectivity index (χ1v) is 8.95. The molecule has 1 N–H and O–H groups in total. The second-order valence-corrected chi connectivity index (χ2v) is 6.51. The Morgan fingerprint density at radius 2 is 1.74 bits per heavy atom. The van der Waals surface area contributed by atoms with Gasteiger partial charge in [0.05, 0.1) is 5.69 Å². The minimum absolute atomic E-state index is 0.259. The highest BCUT2D eigenvalue weighted by Gasteiger charge is 2.14. The van der Waals surface area contributed by atoms with Crippen molar-refractivity contribution >= 4 is 17.4 Å². The molecule has 1 aromatic heterocycles. The molecule has 5 nitrogen and oxygen atoms in total. The van der Waals surface area contributed by atoms with Crippen molar-refractivity contribution in [2.24, 2.45) is 0 Å². The number of anilines is 2. The van der Waals surface area contributed by atoms with Crippen LogP contribution in [0.4, 0.5) is 15.9 Å². The number of nitrogens with one attached hydrogen (secondary N) is 1. The van der Waals surface area contributed by atoms with Crippen molar-refractivity contribution < 1.29 is 9.18 Å². The fraction of sp³-hybridized carbons (Fsp3) is 0.190. The summed E-state index contributed by atoms with van der Waals surface area (Å²) in [5, 5.41) is 11.4. The number of amides is 1. The minimum Gasteiger partial charge on any atom is -0.355 e. The zero-order chi connectivity index (χ0) is 18.6. The molecule has 2 aromatic carbocycles. The molecule has 1 fully saturated rings. The highest BCUT2D eigenvalue weighted by atomic mass is 19.1. The first-order valence-electron chi connectivity index (χ1n) is 8.95. The predicted molar refractivity (Wildman–Crippen MR) is 103 cm³/mol. The number of aromatic nitrogens is 2. The maximum absolute atomic E-state index is 13.0. The van der Waals surface area contributed by atoms with Crippen molar-refractivity contribution in [3.63, 3.8) is 0 Å². The third kappa shape index (κ3) is 3.95. The van der Waals surface area contributed by atoms with Gasteiger partial charge in [-0.2, -0.15) is 0 Å². The van der Waals surface area contributed by atoms with Gasteiger partial charge in [0, 0.05) is 29.9 Å². The second kappa shape index (κ2) is 7.53. The van der Waals surface area contributed by atoms with Crippen LogP contribution >= 0.6 is 0 Å². The van der Waals surface area contributed by atoms with E-state index in [2.05, 4.69) is 20.4 Å². The van der Waals surface area contributed by atoms with Crippen LogP contribution in [0, 0.1) is 5.82 Å². The number of carbonyl (C=O) groups is 1. The summed E-state index contributed by atoms with van der Waals surface area (Å²) in [6, 6.07) is 16.8. The van der Waals surface area contributed by atoms with Gasteiger partial charge in [-0.05, 0) is 61.4 Å². The van der Waals surface area contributed by atoms with Crippen LogP contribution in [0.2, 0.25) is 0 Å². The van der Waals surface area contributed by atoms with E-state index in [1.807, 2.05) is 24.3 Å². The van der Waals surface area contributed by atoms with Gasteiger partial charge in [-0.25, -0.2) is 4.39 Å². The molecule has 0 bridgehead atoms. The average Bonchev–Trinajstić information content (AvgIpc) is 3.25. The Balaban J connectivity index is 1.51. The van der Waals surface area contributed by atoms with Crippen molar-refractivity contribution in [1.82, 2.24) is 10.2 Å². The van der Waals surface area contributed by atoms with E-state index in [9.17, 15) is 9.18 Å². The molecule has 0 atom stereocenters. The topological polar surface area (TPSA) is 58.1 Å². The second-order valence-electron chi connectivity index (χ2n) is 6.51. The summed E-state index contributed by atoms with van der Waals surface area (Å²) in [5.41, 5.74) is 2.58. The van der Waals surface area contributed by atoms with Crippen LogP contribution in [0.1, 0.15) is 23.2 Å². The molecule has 2 heterocycles. The molecule has 4 rings (SSSR count). The molecule has 136 valence electrons. The minimum atomic E-state index is -0.342. The lowest BCUT2D eigenvalue weighted by atomic mass is 10.1. The Morgan fingerprint density at radius 1 is 0.963 bits per heavy atom. The monoisotopic (exact) mass is 362 g/mol. The lowest BCUT2D eigenvalue weighted by Gasteiger charge is -2.15. The zero-order valence-corrected chi connectivity index (χ0v) is 14.7. The van der Waals surface area contributed by atoms with E-state index >= 15 is 0 Å². The van der Waals surface area contributed by atoms with Crippen molar-refractivity contribution in [1.29, 1.82) is 0 Å². The summed E-state index contributed by atoms with van der Waals surface area (Å²) >= 11 is 0. The molecule has 1 aliphatic rings. The van der Waals surface area contributed by atoms with Gasteiger partial charge in [-0.3, -0.25) is 4.79 Å². The number of carbonyl (C=O) groups excluding carboxylic acids is 1. The van der Waals surface area contributed by atoms with Crippen LogP contribution < -0.4 is 10.2 Å². The first-order chi connectivity index (χ1) is 13.2. The average molecular weight is 362 g/mol. The van der Waals surface area contributed by atoms with E-state index in [1.165, 1.54) is 37.1 Å². The van der Waals surface area contributed by atoms with E-state index in [4.69, 9.17) is 0 Å². The van der Waals surface area contributed by atoms with Crippen LogP contribution in [-0.4, -0.2) is 29.2 Å². The van der Waals surface area contributed by atoms with Crippen LogP contribution in [0.5, 0.6) is 0 Å². The Bertz CT molecular complexity index is 935. The molecule has 27 heavy (non-hydrogen) atoms. The Labute approximate surface area is 156 Å². The van der Waals surface area contributed by atoms with Gasteiger partial charge in [0.25, 0.3) is 5.91 Å². The van der Waals surface area contributed by atoms with Crippen molar-refractivity contribution in [2.45, 2.75) is 12.8 Å². The fourth-order valence-electron chi connectivity index (χ4n) is 3.15. The maximum Gasteiger partial charge on any atom is 0.255 e. The van der Waals surface area contributed by atoms with Gasteiger partial charge < -0.3 is 10.2 Å². The Hall–Kier alpha value is -3.28. The van der Waals surface area contributed by atoms with Gasteiger partial charge in [0.15, 0.2) is 5.82 Å². The van der Waals surface area contributed by atoms with Crippen LogP contribution in [0.25, 0.3) is 11.3 Å². The van der Waals surface area contributed by atoms with E-state index in [1.54, 1.807) is 12.1 Å². The van der Waals surface area contributed by atoms with Gasteiger partial charge >= 0.3 is 0 Å². The first kappa shape index (κ1) is 17.1. The SMILES string of the molecule is O=C(Nc1ccc(F)cc1)c1cccc(-c2ccc(N3CCCC3)nn2)c1. The summed E-state index contributed by atoms with van der Waals surface area (Å²) in [7, 11) is 0. The van der Waals surface area contributed by atoms with Gasteiger partial charge in [0.1, 0.15) is 5.82 Å². The van der Waals surface area contributed by atoms with Crippen molar-refractivity contribution in [3.8, 4) is 11.3 Å². The number of nitrogens with zero attached hydrogens (tertiary/aromatic N) is 3. The van der Waals surface area contributed by atoms with Crippen LogP contribution in [-0.2, 0) is 0 Å². The van der Waals surface area contributed by atoms with Gasteiger partial charge in [-0.15, -0.1) is 10.2 Å². The summed E-state index contributed by atoms with van der Waals surface area (Å²) in [6.45, 7) is 2.04. The molecule has 1 saturated heterocycles. The molecule has 0 aliphatic carbocycles. The number of hydrogen-bond donors (Lipinski definition) is 1. The molecule has 1 amide bonds. The number of rotatable bonds is 4. The standard InChI is InChI=1S/C21H19FN4O/c22-17-6-8-18(9-7-17)23-21(27)16-5-3-4-15(14-16)19-10-11-20(25-24-19)26-12-1-2-13-26/h3-11,14H,1-2,12-13H2,(H,23,27). The Morgan fingerprint density at radius 3 is 2.44 bits per heavy atom. The lowest BCUT2D eigenvalue weighted by molar-refractivity contribution is 0.102. The summed E-state index contributed by atoms with van der Waals surface area (Å²) in [6.07, 6.45) is 2.38. The molecule has 1 aliphatic heterocycles. The predicted octanol–water partition coefficient (Wildman–Crippen LogP) is 4.14. The maximum atomic E-state index is 13.0. The van der Waals surface area contributed by atoms with E-state index in [-0.39, 0.29) is 11.7 Å². The smallest absolute Gasteiger partial charge is 0.255 e. The van der Waals surface area contributed by atoms with Crippen LogP contribution in [0.15, 0.2) is 60.7 Å². The Kier molecular flexibility index (Phi) is 4.78. The largest absolute Gasteiger partial charge is 0.355 e. The molecule has 0 spiro atoms. The highest BCUT2D eigenvalue weighted by Crippen LogP contribution is 2.22. The van der Waals surface area contributed by atoms with Gasteiger partial charge in [-0.1, -0.05) is 12.1 Å². The number of hydrogen-bond acceptors (Lipinski definition) is 4. The summed E-state index contributed by atoms with van der Waals surface area (Å²) in [4.78, 5) is 14.7. The normalized spacial score (nSPS) is 13.6. The molecular weight excluding hydrogens is 343 g/mol. The van der Waals surface area contributed by atoms with Crippen LogP contribution in [0.3, 0.4) is 0 Å². The number of benzene rings is 2. The molecule has 0 unspecified atom stereocenters. The fourth-order valence-corrected chi connectivity index (χ4v) is 3.15. The summed E-state index contributed by atoms with van der Waals surface area (Å²) < 4.78 is 13.0. The molecular formula is C21H19FN4O. The van der Waals surface area contributed by atoms with Crippen molar-refractivity contribution in [3.05, 3.63) is 72.0 Å². The third-order valence-corrected chi connectivity index (χ3v) is 4.60. The molecule has 0 saturated carbocycles. The van der Waals surface area contributed by atoms with E-state index < -0.39 is 0 Å². The lowest BCUT2D eigenvalue weighted by Crippen LogP contribution is -2.19. The van der Waals surface area contributed by atoms with Crippen molar-refractivity contribution in [2.75, 3.05) is 23.3 Å². The zero-order valence-electron chi connectivity index (χ0n) is 14.7. The van der Waals surface area contributed by atoms with E-state index in [0.717, 1.165) is 30.2 Å². The van der Waals surface area contributed by atoms with E-state index in [0.29, 0.717) is 11.3 Å². The molecule has 3 aromatic rings. The molecule has 6 heteroatoms. The highest BCUT2D eigenvalue weighted by molar-refractivity contribution is 6.04. The van der Waals surface area contributed by atoms with Gasteiger partial charge in [0.2, 0.25) is 0 Å². The number of halogens is 1. The summed E-state index contributed by atoms with van der Waals surface area (Å²) in [5.74, 6) is 0.289. The quantitative estimate of drug-likeness (QED) is 0.758. The molecule has 0 radical (unpaired) electrons.